The predicted molar refractivity (Wildman–Crippen MR) is 84.7 cm³/mol. The van der Waals surface area contributed by atoms with E-state index in [1.54, 1.807) is 18.2 Å². The molecule has 1 atom stereocenters. The van der Waals surface area contributed by atoms with Gasteiger partial charge < -0.3 is 11.1 Å². The lowest BCUT2D eigenvalue weighted by Gasteiger charge is -2.16. The SMILES string of the molecule is NC(=O)[C@@H](Cc1cccc(Br)c1)NC(=O)c1ccc(F)cc1F. The number of halogens is 3. The van der Waals surface area contributed by atoms with E-state index in [-0.39, 0.29) is 12.0 Å². The molecule has 0 aliphatic rings. The Morgan fingerprint density at radius 2 is 1.91 bits per heavy atom. The zero-order chi connectivity index (χ0) is 17.0. The summed E-state index contributed by atoms with van der Waals surface area (Å²) in [6, 6.07) is 8.70. The van der Waals surface area contributed by atoms with Crippen LogP contribution in [0, 0.1) is 11.6 Å². The highest BCUT2D eigenvalue weighted by atomic mass is 79.9. The normalized spacial score (nSPS) is 11.8. The summed E-state index contributed by atoms with van der Waals surface area (Å²) in [7, 11) is 0. The van der Waals surface area contributed by atoms with Crippen molar-refractivity contribution in [1.29, 1.82) is 0 Å². The molecular formula is C16H13BrF2N2O2. The van der Waals surface area contributed by atoms with Crippen molar-refractivity contribution in [2.75, 3.05) is 0 Å². The van der Waals surface area contributed by atoms with E-state index < -0.39 is 29.5 Å². The number of primary amides is 1. The van der Waals surface area contributed by atoms with Gasteiger partial charge in [0.25, 0.3) is 5.91 Å². The molecule has 2 aromatic rings. The van der Waals surface area contributed by atoms with E-state index in [0.717, 1.165) is 22.2 Å². The van der Waals surface area contributed by atoms with Gasteiger partial charge in [0.1, 0.15) is 17.7 Å². The molecule has 7 heteroatoms. The molecule has 0 saturated carbocycles. The molecule has 0 aliphatic carbocycles. The molecule has 2 amide bonds. The molecule has 0 spiro atoms. The highest BCUT2D eigenvalue weighted by molar-refractivity contribution is 9.10. The van der Waals surface area contributed by atoms with Crippen LogP contribution in [0.5, 0.6) is 0 Å². The number of hydrogen-bond acceptors (Lipinski definition) is 2. The van der Waals surface area contributed by atoms with E-state index in [4.69, 9.17) is 5.73 Å². The molecule has 3 N–H and O–H groups in total. The Kier molecular flexibility index (Phi) is 5.44. The van der Waals surface area contributed by atoms with Crippen LogP contribution in [-0.2, 0) is 11.2 Å². The van der Waals surface area contributed by atoms with Crippen LogP contribution in [0.3, 0.4) is 0 Å². The summed E-state index contributed by atoms with van der Waals surface area (Å²) in [5.74, 6) is -3.38. The fraction of sp³-hybridized carbons (Fsp3) is 0.125. The predicted octanol–water partition coefficient (Wildman–Crippen LogP) is 2.55. The van der Waals surface area contributed by atoms with Crippen molar-refractivity contribution in [2.24, 2.45) is 5.73 Å². The number of hydrogen-bond donors (Lipinski definition) is 2. The van der Waals surface area contributed by atoms with Crippen LogP contribution in [0.4, 0.5) is 8.78 Å². The Morgan fingerprint density at radius 1 is 1.17 bits per heavy atom. The van der Waals surface area contributed by atoms with Gasteiger partial charge in [0.05, 0.1) is 5.56 Å². The van der Waals surface area contributed by atoms with Gasteiger partial charge in [-0.05, 0) is 29.8 Å². The molecule has 0 unspecified atom stereocenters. The average molecular weight is 383 g/mol. The fourth-order valence-electron chi connectivity index (χ4n) is 2.03. The van der Waals surface area contributed by atoms with Gasteiger partial charge in [-0.2, -0.15) is 0 Å². The number of nitrogens with two attached hydrogens (primary N) is 1. The Bertz CT molecular complexity index is 753. The topological polar surface area (TPSA) is 72.2 Å². The Morgan fingerprint density at radius 3 is 2.52 bits per heavy atom. The maximum Gasteiger partial charge on any atom is 0.254 e. The first-order valence-corrected chi connectivity index (χ1v) is 7.46. The van der Waals surface area contributed by atoms with Crippen molar-refractivity contribution in [2.45, 2.75) is 12.5 Å². The number of rotatable bonds is 5. The van der Waals surface area contributed by atoms with Crippen LogP contribution in [0.1, 0.15) is 15.9 Å². The molecule has 0 heterocycles. The van der Waals surface area contributed by atoms with Gasteiger partial charge in [-0.25, -0.2) is 8.78 Å². The van der Waals surface area contributed by atoms with Crippen molar-refractivity contribution in [3.8, 4) is 0 Å². The monoisotopic (exact) mass is 382 g/mol. The molecule has 2 aromatic carbocycles. The lowest BCUT2D eigenvalue weighted by Crippen LogP contribution is -2.46. The maximum atomic E-state index is 13.6. The third-order valence-corrected chi connectivity index (χ3v) is 3.65. The summed E-state index contributed by atoms with van der Waals surface area (Å²) < 4.78 is 27.3. The lowest BCUT2D eigenvalue weighted by molar-refractivity contribution is -0.119. The van der Waals surface area contributed by atoms with Crippen molar-refractivity contribution >= 4 is 27.7 Å². The second kappa shape index (κ2) is 7.32. The molecule has 120 valence electrons. The molecule has 0 fully saturated rings. The van der Waals surface area contributed by atoms with Crippen LogP contribution in [-0.4, -0.2) is 17.9 Å². The van der Waals surface area contributed by atoms with E-state index in [1.165, 1.54) is 0 Å². The summed E-state index contributed by atoms with van der Waals surface area (Å²) in [5.41, 5.74) is 5.70. The Labute approximate surface area is 139 Å². The smallest absolute Gasteiger partial charge is 0.254 e. The van der Waals surface area contributed by atoms with Crippen LogP contribution < -0.4 is 11.1 Å². The van der Waals surface area contributed by atoms with E-state index in [2.05, 4.69) is 21.2 Å². The minimum absolute atomic E-state index is 0.156. The quantitative estimate of drug-likeness (QED) is 0.833. The van der Waals surface area contributed by atoms with E-state index in [9.17, 15) is 18.4 Å². The van der Waals surface area contributed by atoms with E-state index in [0.29, 0.717) is 6.07 Å². The van der Waals surface area contributed by atoms with E-state index in [1.807, 2.05) is 6.07 Å². The van der Waals surface area contributed by atoms with Crippen molar-refractivity contribution < 1.29 is 18.4 Å². The second-order valence-electron chi connectivity index (χ2n) is 4.89. The zero-order valence-electron chi connectivity index (χ0n) is 11.9. The number of carbonyl (C=O) groups excluding carboxylic acids is 2. The third kappa shape index (κ3) is 4.59. The largest absolute Gasteiger partial charge is 0.368 e. The van der Waals surface area contributed by atoms with Crippen molar-refractivity contribution in [3.63, 3.8) is 0 Å². The van der Waals surface area contributed by atoms with Crippen molar-refractivity contribution in [1.82, 2.24) is 5.32 Å². The lowest BCUT2D eigenvalue weighted by atomic mass is 10.0. The third-order valence-electron chi connectivity index (χ3n) is 3.15. The van der Waals surface area contributed by atoms with Crippen molar-refractivity contribution in [3.05, 3.63) is 69.7 Å². The number of amides is 2. The van der Waals surface area contributed by atoms with Crippen LogP contribution in [0.15, 0.2) is 46.9 Å². The highest BCUT2D eigenvalue weighted by Gasteiger charge is 2.21. The molecule has 0 saturated heterocycles. The molecule has 23 heavy (non-hydrogen) atoms. The summed E-state index contributed by atoms with van der Waals surface area (Å²) in [4.78, 5) is 23.6. The van der Waals surface area contributed by atoms with Crippen LogP contribution in [0.25, 0.3) is 0 Å². The zero-order valence-corrected chi connectivity index (χ0v) is 13.4. The first-order chi connectivity index (χ1) is 10.9. The minimum atomic E-state index is -1.01. The Hall–Kier alpha value is -2.28. The number of nitrogens with one attached hydrogen (secondary N) is 1. The molecule has 0 aliphatic heterocycles. The summed E-state index contributed by atoms with van der Waals surface area (Å²) in [6.45, 7) is 0. The fourth-order valence-corrected chi connectivity index (χ4v) is 2.48. The highest BCUT2D eigenvalue weighted by Crippen LogP contribution is 2.14. The van der Waals surface area contributed by atoms with Gasteiger partial charge in [0.15, 0.2) is 0 Å². The first kappa shape index (κ1) is 17.1. The van der Waals surface area contributed by atoms with Crippen LogP contribution >= 0.6 is 15.9 Å². The summed E-state index contributed by atoms with van der Waals surface area (Å²) in [6.07, 6.45) is 0.156. The van der Waals surface area contributed by atoms with Gasteiger partial charge >= 0.3 is 0 Å². The van der Waals surface area contributed by atoms with Gasteiger partial charge in [-0.3, -0.25) is 9.59 Å². The molecule has 0 radical (unpaired) electrons. The molecule has 0 aromatic heterocycles. The first-order valence-electron chi connectivity index (χ1n) is 6.66. The maximum absolute atomic E-state index is 13.6. The molecule has 0 bridgehead atoms. The molecule has 2 rings (SSSR count). The van der Waals surface area contributed by atoms with E-state index >= 15 is 0 Å². The summed E-state index contributed by atoms with van der Waals surface area (Å²) in [5, 5.41) is 2.37. The molecule has 4 nitrogen and oxygen atoms in total. The number of carbonyl (C=O) groups is 2. The van der Waals surface area contributed by atoms with Crippen LogP contribution in [0.2, 0.25) is 0 Å². The second-order valence-corrected chi connectivity index (χ2v) is 5.80. The van der Waals surface area contributed by atoms with Gasteiger partial charge in [0, 0.05) is 17.0 Å². The standard InChI is InChI=1S/C16H13BrF2N2O2/c17-10-3-1-2-9(6-10)7-14(15(20)22)21-16(23)12-5-4-11(18)8-13(12)19/h1-6,8,14H,7H2,(H2,20,22)(H,21,23)/t14-/m1/s1. The molecular weight excluding hydrogens is 370 g/mol. The summed E-state index contributed by atoms with van der Waals surface area (Å²) >= 11 is 3.30. The van der Waals surface area contributed by atoms with Gasteiger partial charge in [-0.15, -0.1) is 0 Å². The average Bonchev–Trinajstić information content (AvgIpc) is 2.46. The minimum Gasteiger partial charge on any atom is -0.368 e. The number of benzene rings is 2. The van der Waals surface area contributed by atoms with Gasteiger partial charge in [-0.1, -0.05) is 28.1 Å². The Balaban J connectivity index is 2.16. The van der Waals surface area contributed by atoms with Gasteiger partial charge in [0.2, 0.25) is 5.91 Å².